The van der Waals surface area contributed by atoms with Crippen LogP contribution in [0.5, 0.6) is 5.75 Å². The molecule has 3 atom stereocenters. The van der Waals surface area contributed by atoms with E-state index in [1.54, 1.807) is 12.1 Å². The zero-order valence-electron chi connectivity index (χ0n) is 16.1. The lowest BCUT2D eigenvalue weighted by atomic mass is 9.81. The predicted molar refractivity (Wildman–Crippen MR) is 122 cm³/mol. The van der Waals surface area contributed by atoms with E-state index in [0.717, 1.165) is 24.9 Å². The molecule has 2 fully saturated rings. The number of halogens is 2. The maximum Gasteiger partial charge on any atom is 0.242 e. The molecule has 0 aliphatic heterocycles. The number of hydrogen-bond acceptors (Lipinski definition) is 4. The first-order valence-corrected chi connectivity index (χ1v) is 12.8. The summed E-state index contributed by atoms with van der Waals surface area (Å²) >= 11 is 6.81. The average Bonchev–Trinajstić information content (AvgIpc) is 3.28. The van der Waals surface area contributed by atoms with E-state index in [1.165, 1.54) is 13.5 Å². The van der Waals surface area contributed by atoms with Gasteiger partial charge in [-0.05, 0) is 81.2 Å². The number of nitrogens with one attached hydrogen (secondary N) is 2. The molecule has 0 spiro atoms. The van der Waals surface area contributed by atoms with Crippen LogP contribution >= 0.6 is 31.9 Å². The van der Waals surface area contributed by atoms with Crippen molar-refractivity contribution in [3.63, 3.8) is 0 Å². The first-order chi connectivity index (χ1) is 13.8. The second-order valence-corrected chi connectivity index (χ2v) is 11.3. The number of sulfonamides is 1. The van der Waals surface area contributed by atoms with Crippen molar-refractivity contribution in [2.45, 2.75) is 36.1 Å². The predicted octanol–water partition coefficient (Wildman–Crippen LogP) is 5.17. The standard InChI is InChI=1S/C21H24Br2N2O3S/c1-28-19-11-20(18(23)10-17(19)22)29(26,27)25-21(12-14-7-8-15(21)9-14)13-24-16-5-3-2-4-6-16/h2-6,10-11,14-15,24-25H,7-9,12-13H2,1H3. The number of para-hydroxylation sites is 1. The Bertz CT molecular complexity index is 1000. The highest BCUT2D eigenvalue weighted by molar-refractivity contribution is 9.11. The summed E-state index contributed by atoms with van der Waals surface area (Å²) in [5.41, 5.74) is 0.512. The second kappa shape index (κ2) is 8.21. The number of methoxy groups -OCH3 is 1. The van der Waals surface area contributed by atoms with Crippen LogP contribution in [0, 0.1) is 11.8 Å². The molecule has 2 bridgehead atoms. The van der Waals surface area contributed by atoms with Gasteiger partial charge in [0.05, 0.1) is 22.0 Å². The summed E-state index contributed by atoms with van der Waals surface area (Å²) in [5.74, 6) is 1.41. The van der Waals surface area contributed by atoms with Gasteiger partial charge in [0.1, 0.15) is 5.75 Å². The number of fused-ring (bicyclic) bond motifs is 2. The first-order valence-electron chi connectivity index (χ1n) is 9.69. The van der Waals surface area contributed by atoms with Gasteiger partial charge in [-0.2, -0.15) is 0 Å². The molecule has 2 aliphatic carbocycles. The van der Waals surface area contributed by atoms with Crippen molar-refractivity contribution in [3.8, 4) is 5.75 Å². The quantitative estimate of drug-likeness (QED) is 0.505. The van der Waals surface area contributed by atoms with Crippen LogP contribution < -0.4 is 14.8 Å². The zero-order chi connectivity index (χ0) is 20.6. The van der Waals surface area contributed by atoms with E-state index in [1.807, 2.05) is 30.3 Å². The molecule has 0 saturated heterocycles. The zero-order valence-corrected chi connectivity index (χ0v) is 20.1. The van der Waals surface area contributed by atoms with Gasteiger partial charge in [-0.3, -0.25) is 0 Å². The Labute approximate surface area is 188 Å². The summed E-state index contributed by atoms with van der Waals surface area (Å²) in [4.78, 5) is 0.194. The smallest absolute Gasteiger partial charge is 0.242 e. The Hall–Kier alpha value is -1.09. The van der Waals surface area contributed by atoms with Crippen LogP contribution in [0.25, 0.3) is 0 Å². The van der Waals surface area contributed by atoms with Gasteiger partial charge >= 0.3 is 0 Å². The Balaban J connectivity index is 1.64. The van der Waals surface area contributed by atoms with Crippen LogP contribution in [0.4, 0.5) is 5.69 Å². The summed E-state index contributed by atoms with van der Waals surface area (Å²) < 4.78 is 36.5. The fraction of sp³-hybridized carbons (Fsp3) is 0.429. The average molecular weight is 544 g/mol. The molecule has 0 aromatic heterocycles. The molecule has 2 aromatic carbocycles. The van der Waals surface area contributed by atoms with Gasteiger partial charge < -0.3 is 10.1 Å². The minimum atomic E-state index is -3.75. The lowest BCUT2D eigenvalue weighted by Gasteiger charge is -2.38. The SMILES string of the molecule is COc1cc(S(=O)(=O)NC2(CNc3ccccc3)CC3CCC2C3)c(Br)cc1Br. The first kappa shape index (κ1) is 21.2. The van der Waals surface area contributed by atoms with E-state index >= 15 is 0 Å². The van der Waals surface area contributed by atoms with Crippen molar-refractivity contribution >= 4 is 47.6 Å². The highest BCUT2D eigenvalue weighted by atomic mass is 79.9. The molecule has 5 nitrogen and oxygen atoms in total. The van der Waals surface area contributed by atoms with Crippen LogP contribution in [0.15, 0.2) is 56.3 Å². The summed E-state index contributed by atoms with van der Waals surface area (Å²) in [6.45, 7) is 0.572. The minimum absolute atomic E-state index is 0.194. The van der Waals surface area contributed by atoms with Gasteiger partial charge in [-0.15, -0.1) is 0 Å². The van der Waals surface area contributed by atoms with Gasteiger partial charge in [0, 0.05) is 22.8 Å². The van der Waals surface area contributed by atoms with Gasteiger partial charge in [0.2, 0.25) is 10.0 Å². The lowest BCUT2D eigenvalue weighted by Crippen LogP contribution is -2.56. The third kappa shape index (κ3) is 4.22. The fourth-order valence-electron chi connectivity index (χ4n) is 4.83. The molecule has 0 heterocycles. The molecule has 2 aliphatic rings. The summed E-state index contributed by atoms with van der Waals surface area (Å²) in [5, 5.41) is 3.46. The normalized spacial score (nSPS) is 25.9. The van der Waals surface area contributed by atoms with Crippen LogP contribution in [0.3, 0.4) is 0 Å². The van der Waals surface area contributed by atoms with Crippen molar-refractivity contribution in [2.75, 3.05) is 19.0 Å². The van der Waals surface area contributed by atoms with Crippen molar-refractivity contribution in [3.05, 3.63) is 51.4 Å². The van der Waals surface area contributed by atoms with E-state index in [4.69, 9.17) is 4.74 Å². The molecule has 29 heavy (non-hydrogen) atoms. The van der Waals surface area contributed by atoms with E-state index in [9.17, 15) is 8.42 Å². The van der Waals surface area contributed by atoms with Crippen LogP contribution in [-0.2, 0) is 10.0 Å². The number of ether oxygens (including phenoxy) is 1. The maximum absolute atomic E-state index is 13.4. The summed E-state index contributed by atoms with van der Waals surface area (Å²) in [6.07, 6.45) is 4.20. The Morgan fingerprint density at radius 2 is 1.90 bits per heavy atom. The molecule has 0 radical (unpaired) electrons. The van der Waals surface area contributed by atoms with E-state index in [2.05, 4.69) is 41.9 Å². The number of anilines is 1. The Morgan fingerprint density at radius 1 is 1.14 bits per heavy atom. The lowest BCUT2D eigenvalue weighted by molar-refractivity contribution is 0.259. The van der Waals surface area contributed by atoms with Gasteiger partial charge in [-0.25, -0.2) is 13.1 Å². The number of benzene rings is 2. The molecular weight excluding hydrogens is 520 g/mol. The number of hydrogen-bond donors (Lipinski definition) is 2. The third-order valence-corrected chi connectivity index (χ3v) is 9.32. The van der Waals surface area contributed by atoms with Crippen LogP contribution in [-0.4, -0.2) is 27.6 Å². The van der Waals surface area contributed by atoms with Gasteiger partial charge in [-0.1, -0.05) is 24.6 Å². The minimum Gasteiger partial charge on any atom is -0.496 e. The van der Waals surface area contributed by atoms with Crippen molar-refractivity contribution < 1.29 is 13.2 Å². The second-order valence-electron chi connectivity index (χ2n) is 7.98. The molecule has 8 heteroatoms. The van der Waals surface area contributed by atoms with E-state index < -0.39 is 15.6 Å². The number of rotatable bonds is 7. The van der Waals surface area contributed by atoms with Crippen LogP contribution in [0.2, 0.25) is 0 Å². The molecule has 2 saturated carbocycles. The Kier molecular flexibility index (Phi) is 5.99. The van der Waals surface area contributed by atoms with Crippen molar-refractivity contribution in [1.82, 2.24) is 4.72 Å². The Morgan fingerprint density at radius 3 is 2.52 bits per heavy atom. The molecular formula is C21H24Br2N2O3S. The molecule has 2 N–H and O–H groups in total. The maximum atomic E-state index is 13.4. The van der Waals surface area contributed by atoms with Crippen molar-refractivity contribution in [2.24, 2.45) is 11.8 Å². The van der Waals surface area contributed by atoms with Crippen molar-refractivity contribution in [1.29, 1.82) is 0 Å². The summed E-state index contributed by atoms with van der Waals surface area (Å²) in [7, 11) is -2.22. The fourth-order valence-corrected chi connectivity index (χ4v) is 8.17. The highest BCUT2D eigenvalue weighted by Crippen LogP contribution is 2.51. The van der Waals surface area contributed by atoms with Gasteiger partial charge in [0.15, 0.2) is 0 Å². The topological polar surface area (TPSA) is 67.4 Å². The largest absolute Gasteiger partial charge is 0.496 e. The molecule has 156 valence electrons. The summed E-state index contributed by atoms with van der Waals surface area (Å²) in [6, 6.07) is 13.2. The monoisotopic (exact) mass is 542 g/mol. The molecule has 0 amide bonds. The van der Waals surface area contributed by atoms with E-state index in [-0.39, 0.29) is 4.90 Å². The molecule has 2 aromatic rings. The van der Waals surface area contributed by atoms with E-state index in [0.29, 0.717) is 33.1 Å². The van der Waals surface area contributed by atoms with Crippen LogP contribution in [0.1, 0.15) is 25.7 Å². The highest BCUT2D eigenvalue weighted by Gasteiger charge is 2.52. The van der Waals surface area contributed by atoms with Gasteiger partial charge in [0.25, 0.3) is 0 Å². The third-order valence-electron chi connectivity index (χ3n) is 6.19. The molecule has 4 rings (SSSR count). The molecule has 3 unspecified atom stereocenters.